The van der Waals surface area contributed by atoms with Gasteiger partial charge in [0.25, 0.3) is 5.84 Å². The van der Waals surface area contributed by atoms with Crippen molar-refractivity contribution in [2.24, 2.45) is 0 Å². The van der Waals surface area contributed by atoms with E-state index in [1.807, 2.05) is 0 Å². The van der Waals surface area contributed by atoms with Gasteiger partial charge in [-0.1, -0.05) is 72.9 Å². The molecule has 0 aromatic heterocycles. The van der Waals surface area contributed by atoms with Gasteiger partial charge in [-0.15, -0.1) is 11.8 Å². The Morgan fingerprint density at radius 1 is 1.00 bits per heavy atom. The second-order valence-electron chi connectivity index (χ2n) is 7.46. The lowest BCUT2D eigenvalue weighted by atomic mass is 9.89. The number of rotatable bonds is 5. The lowest BCUT2D eigenvalue weighted by Gasteiger charge is -2.27. The predicted octanol–water partition coefficient (Wildman–Crippen LogP) is 5.12. The average molecular weight is 396 g/mol. The first-order valence-corrected chi connectivity index (χ1v) is 11.5. The minimum atomic E-state index is 0.572. The van der Waals surface area contributed by atoms with Crippen LogP contribution in [0, 0.1) is 0 Å². The molecule has 27 heavy (non-hydrogen) atoms. The fourth-order valence-electron chi connectivity index (χ4n) is 4.57. The molecule has 140 valence electrons. The Kier molecular flexibility index (Phi) is 5.94. The van der Waals surface area contributed by atoms with Crippen molar-refractivity contribution in [3.05, 3.63) is 71.8 Å². The normalized spacial score (nSPS) is 22.0. The van der Waals surface area contributed by atoms with Crippen LogP contribution >= 0.6 is 24.0 Å². The Morgan fingerprint density at radius 2 is 1.63 bits per heavy atom. The molecule has 2 aromatic carbocycles. The highest BCUT2D eigenvalue weighted by Gasteiger charge is 2.49. The van der Waals surface area contributed by atoms with Crippen LogP contribution in [-0.2, 0) is 13.1 Å². The summed E-state index contributed by atoms with van der Waals surface area (Å²) in [6.45, 7) is 1.90. The van der Waals surface area contributed by atoms with Crippen LogP contribution < -0.4 is 0 Å². The zero-order chi connectivity index (χ0) is 18.6. The van der Waals surface area contributed by atoms with Gasteiger partial charge in [-0.3, -0.25) is 0 Å². The molecule has 0 amide bonds. The van der Waals surface area contributed by atoms with Crippen molar-refractivity contribution in [3.8, 4) is 0 Å². The fourth-order valence-corrected chi connectivity index (χ4v) is 5.22. The van der Waals surface area contributed by atoms with Gasteiger partial charge in [0.1, 0.15) is 25.2 Å². The van der Waals surface area contributed by atoms with E-state index in [-0.39, 0.29) is 0 Å². The average Bonchev–Trinajstić information content (AvgIpc) is 3.02. The molecule has 4 rings (SSSR count). The highest BCUT2D eigenvalue weighted by Crippen LogP contribution is 2.34. The summed E-state index contributed by atoms with van der Waals surface area (Å²) in [5, 5.41) is 0. The molecule has 2 nitrogen and oxygen atoms in total. The second-order valence-corrected chi connectivity index (χ2v) is 8.94. The Morgan fingerprint density at radius 3 is 2.30 bits per heavy atom. The van der Waals surface area contributed by atoms with E-state index < -0.39 is 0 Å². The first-order valence-electron chi connectivity index (χ1n) is 9.84. The second kappa shape index (κ2) is 8.57. The lowest BCUT2D eigenvalue weighted by Crippen LogP contribution is -2.42. The van der Waals surface area contributed by atoms with Gasteiger partial charge in [-0.2, -0.15) is 0 Å². The molecule has 2 atom stereocenters. The third kappa shape index (κ3) is 3.97. The SMILES string of the molecule is CSC(=S)C1=[N+](Cc2ccccc2)[C@@H]2CCCC[C@H]2N1Cc1ccccc1. The molecule has 1 heterocycles. The van der Waals surface area contributed by atoms with Crippen LogP contribution in [-0.4, -0.2) is 37.8 Å². The molecule has 1 saturated carbocycles. The van der Waals surface area contributed by atoms with Crippen LogP contribution in [0.3, 0.4) is 0 Å². The minimum Gasteiger partial charge on any atom is -0.249 e. The first kappa shape index (κ1) is 18.7. The molecular weight excluding hydrogens is 368 g/mol. The molecule has 1 fully saturated rings. The van der Waals surface area contributed by atoms with E-state index in [0.717, 1.165) is 17.3 Å². The summed E-state index contributed by atoms with van der Waals surface area (Å²) in [6.07, 6.45) is 7.29. The van der Waals surface area contributed by atoms with Crippen LogP contribution in [0.15, 0.2) is 60.7 Å². The number of benzene rings is 2. The predicted molar refractivity (Wildman–Crippen MR) is 120 cm³/mol. The van der Waals surface area contributed by atoms with E-state index >= 15 is 0 Å². The highest BCUT2D eigenvalue weighted by molar-refractivity contribution is 8.24. The van der Waals surface area contributed by atoms with Crippen molar-refractivity contribution in [2.75, 3.05) is 6.26 Å². The van der Waals surface area contributed by atoms with Gasteiger partial charge in [-0.25, -0.2) is 9.48 Å². The number of thiocarbonyl (C=S) groups is 1. The zero-order valence-electron chi connectivity index (χ0n) is 15.9. The summed E-state index contributed by atoms with van der Waals surface area (Å²) in [4.78, 5) is 2.61. The standard InChI is InChI=1S/C23H27N2S2/c1-27-23(26)22-24(16-18-10-4-2-5-11-18)20-14-8-9-15-21(20)25(22)17-19-12-6-3-7-13-19/h2-7,10-13,20-21H,8-9,14-17H2,1H3/q+1/t20-,21-/m1/s1. The molecule has 0 saturated heterocycles. The van der Waals surface area contributed by atoms with Crippen molar-refractivity contribution in [3.63, 3.8) is 0 Å². The van der Waals surface area contributed by atoms with Crippen molar-refractivity contribution in [1.82, 2.24) is 4.90 Å². The number of hydrogen-bond donors (Lipinski definition) is 0. The third-order valence-corrected chi connectivity index (χ3v) is 7.03. The number of nitrogens with zero attached hydrogens (tertiary/aromatic N) is 2. The van der Waals surface area contributed by atoms with E-state index in [9.17, 15) is 0 Å². The van der Waals surface area contributed by atoms with Gasteiger partial charge >= 0.3 is 0 Å². The van der Waals surface area contributed by atoms with E-state index in [2.05, 4.69) is 76.4 Å². The van der Waals surface area contributed by atoms with Gasteiger partial charge < -0.3 is 0 Å². The van der Waals surface area contributed by atoms with Crippen LogP contribution in [0.25, 0.3) is 0 Å². The maximum Gasteiger partial charge on any atom is 0.298 e. The molecule has 0 unspecified atom stereocenters. The van der Waals surface area contributed by atoms with E-state index in [1.165, 1.54) is 42.6 Å². The van der Waals surface area contributed by atoms with Crippen LogP contribution in [0.2, 0.25) is 0 Å². The minimum absolute atomic E-state index is 0.572. The smallest absolute Gasteiger partial charge is 0.249 e. The zero-order valence-corrected chi connectivity index (χ0v) is 17.5. The maximum atomic E-state index is 5.87. The van der Waals surface area contributed by atoms with Gasteiger partial charge in [0.15, 0.2) is 4.20 Å². The molecule has 0 N–H and O–H groups in total. The first-order chi connectivity index (χ1) is 13.3. The summed E-state index contributed by atoms with van der Waals surface area (Å²) in [6, 6.07) is 22.8. The monoisotopic (exact) mass is 395 g/mol. The topological polar surface area (TPSA) is 6.25 Å². The quantitative estimate of drug-likeness (QED) is 0.513. The lowest BCUT2D eigenvalue weighted by molar-refractivity contribution is -0.576. The van der Waals surface area contributed by atoms with Gasteiger partial charge in [0.05, 0.1) is 0 Å². The van der Waals surface area contributed by atoms with Crippen LogP contribution in [0.4, 0.5) is 0 Å². The molecule has 2 aliphatic rings. The maximum absolute atomic E-state index is 5.87. The largest absolute Gasteiger partial charge is 0.298 e. The molecular formula is C23H27N2S2+. The number of hydrogen-bond acceptors (Lipinski definition) is 3. The van der Waals surface area contributed by atoms with Gasteiger partial charge in [0.2, 0.25) is 0 Å². The number of fused-ring (bicyclic) bond motifs is 1. The Bertz CT molecular complexity index is 817. The van der Waals surface area contributed by atoms with Crippen molar-refractivity contribution in [1.29, 1.82) is 0 Å². The third-order valence-electron chi connectivity index (χ3n) is 5.80. The van der Waals surface area contributed by atoms with Crippen molar-refractivity contribution < 1.29 is 4.58 Å². The Hall–Kier alpha value is -1.65. The number of thioether (sulfide) groups is 1. The molecule has 1 aliphatic heterocycles. The summed E-state index contributed by atoms with van der Waals surface area (Å²) in [5.41, 5.74) is 2.73. The van der Waals surface area contributed by atoms with Gasteiger partial charge in [0, 0.05) is 0 Å². The Labute approximate surface area is 172 Å². The van der Waals surface area contributed by atoms with Crippen LogP contribution in [0.1, 0.15) is 36.8 Å². The molecule has 0 radical (unpaired) electrons. The molecule has 2 aromatic rings. The molecule has 0 spiro atoms. The van der Waals surface area contributed by atoms with Crippen LogP contribution in [0.5, 0.6) is 0 Å². The van der Waals surface area contributed by atoms with Crippen molar-refractivity contribution >= 4 is 34.0 Å². The molecule has 4 heteroatoms. The highest BCUT2D eigenvalue weighted by atomic mass is 32.2. The Balaban J connectivity index is 1.74. The summed E-state index contributed by atoms with van der Waals surface area (Å²) >= 11 is 7.57. The van der Waals surface area contributed by atoms with E-state index in [1.54, 1.807) is 11.8 Å². The molecule has 1 aliphatic carbocycles. The van der Waals surface area contributed by atoms with E-state index in [4.69, 9.17) is 12.2 Å². The number of amidine groups is 1. The summed E-state index contributed by atoms with van der Waals surface area (Å²) in [5.74, 6) is 1.28. The van der Waals surface area contributed by atoms with Gasteiger partial charge in [-0.05, 0) is 43.1 Å². The summed E-state index contributed by atoms with van der Waals surface area (Å²) < 4.78 is 3.64. The summed E-state index contributed by atoms with van der Waals surface area (Å²) in [7, 11) is 0. The van der Waals surface area contributed by atoms with E-state index in [0.29, 0.717) is 12.1 Å². The molecule has 0 bridgehead atoms. The van der Waals surface area contributed by atoms with Crippen molar-refractivity contribution in [2.45, 2.75) is 50.9 Å². The fraction of sp³-hybridized carbons (Fsp3) is 0.391.